The zero-order chi connectivity index (χ0) is 15.8. The number of hydrogen-bond donors (Lipinski definition) is 4. The summed E-state index contributed by atoms with van der Waals surface area (Å²) in [5.74, 6) is 0.118. The van der Waals surface area contributed by atoms with Crippen LogP contribution in [0.3, 0.4) is 0 Å². The van der Waals surface area contributed by atoms with Gasteiger partial charge < -0.3 is 20.8 Å². The van der Waals surface area contributed by atoms with Crippen molar-refractivity contribution in [1.82, 2.24) is 10.3 Å². The molecule has 122 valence electrons. The van der Waals surface area contributed by atoms with Crippen LogP contribution in [0.2, 0.25) is 0 Å². The molecule has 0 amide bonds. The summed E-state index contributed by atoms with van der Waals surface area (Å²) in [6, 6.07) is 3.59. The molecule has 0 saturated heterocycles. The highest BCUT2D eigenvalue weighted by Crippen LogP contribution is 2.20. The maximum absolute atomic E-state index is 10.9. The van der Waals surface area contributed by atoms with Crippen LogP contribution < -0.4 is 10.6 Å². The van der Waals surface area contributed by atoms with Crippen molar-refractivity contribution in [2.75, 3.05) is 25.0 Å². The van der Waals surface area contributed by atoms with Crippen molar-refractivity contribution < 1.29 is 15.0 Å². The van der Waals surface area contributed by atoms with Crippen LogP contribution in [0.1, 0.15) is 36.9 Å². The summed E-state index contributed by atoms with van der Waals surface area (Å²) < 4.78 is 0. The summed E-state index contributed by atoms with van der Waals surface area (Å²) in [7, 11) is 0. The molecule has 4 N–H and O–H groups in total. The van der Waals surface area contributed by atoms with Crippen molar-refractivity contribution in [3.8, 4) is 0 Å². The first-order valence-electron chi connectivity index (χ1n) is 8.00. The van der Waals surface area contributed by atoms with E-state index in [1.54, 1.807) is 0 Å². The third-order valence-corrected chi connectivity index (χ3v) is 3.92. The van der Waals surface area contributed by atoms with Gasteiger partial charge in [0.05, 0.1) is 0 Å². The summed E-state index contributed by atoms with van der Waals surface area (Å²) in [5.41, 5.74) is 2.38. The zero-order valence-electron chi connectivity index (χ0n) is 12.8. The highest BCUT2D eigenvalue weighted by Gasteiger charge is 2.15. The minimum absolute atomic E-state index is 0.115. The number of pyridine rings is 1. The normalized spacial score (nSPS) is 15.0. The number of nitrogens with one attached hydrogen (secondary N) is 2. The van der Waals surface area contributed by atoms with Gasteiger partial charge in [-0.05, 0) is 56.7 Å². The van der Waals surface area contributed by atoms with Crippen molar-refractivity contribution >= 4 is 11.8 Å². The number of hydrogen-bond acceptors (Lipinski definition) is 5. The molecule has 6 nitrogen and oxygen atoms in total. The van der Waals surface area contributed by atoms with Crippen molar-refractivity contribution in [2.24, 2.45) is 0 Å². The fourth-order valence-corrected chi connectivity index (χ4v) is 2.66. The van der Waals surface area contributed by atoms with Crippen molar-refractivity contribution in [3.05, 3.63) is 23.4 Å². The summed E-state index contributed by atoms with van der Waals surface area (Å²) >= 11 is 0. The Morgan fingerprint density at radius 2 is 2.27 bits per heavy atom. The lowest BCUT2D eigenvalue weighted by molar-refractivity contribution is -0.139. The standard InChI is InChI=1S/C16H25N3O3/c20-11-8-14(16(21)22)17-9-2-1-5-13-7-6-12-4-3-10-18-15(12)19-13/h6-7,14,17,20H,1-5,8-11H2,(H,18,19)(H,21,22)/t14-/m0/s1. The Morgan fingerprint density at radius 1 is 1.41 bits per heavy atom. The molecular weight excluding hydrogens is 282 g/mol. The molecule has 0 fully saturated rings. The van der Waals surface area contributed by atoms with Crippen LogP contribution in [-0.2, 0) is 17.6 Å². The Labute approximate surface area is 131 Å². The van der Waals surface area contributed by atoms with Crippen molar-refractivity contribution in [3.63, 3.8) is 0 Å². The van der Waals surface area contributed by atoms with E-state index in [-0.39, 0.29) is 13.0 Å². The Kier molecular flexibility index (Phi) is 6.61. The van der Waals surface area contributed by atoms with Gasteiger partial charge in [0.25, 0.3) is 0 Å². The molecule has 0 aromatic carbocycles. The van der Waals surface area contributed by atoms with Crippen LogP contribution in [-0.4, -0.2) is 46.9 Å². The molecule has 0 spiro atoms. The van der Waals surface area contributed by atoms with Crippen LogP contribution in [0, 0.1) is 0 Å². The topological polar surface area (TPSA) is 94.5 Å². The molecule has 2 heterocycles. The van der Waals surface area contributed by atoms with Gasteiger partial charge in [-0.3, -0.25) is 4.79 Å². The number of unbranched alkanes of at least 4 members (excludes halogenated alkanes) is 1. The average molecular weight is 307 g/mol. The quantitative estimate of drug-likeness (QED) is 0.512. The van der Waals surface area contributed by atoms with Gasteiger partial charge in [-0.25, -0.2) is 4.98 Å². The van der Waals surface area contributed by atoms with Crippen LogP contribution in [0.5, 0.6) is 0 Å². The lowest BCUT2D eigenvalue weighted by atomic mass is 10.1. The SMILES string of the molecule is O=C(O)[C@H](CCO)NCCCCc1ccc2c(n1)NCCC2. The second-order valence-corrected chi connectivity index (χ2v) is 5.65. The van der Waals surface area contributed by atoms with Crippen LogP contribution in [0.4, 0.5) is 5.82 Å². The highest BCUT2D eigenvalue weighted by molar-refractivity contribution is 5.73. The van der Waals surface area contributed by atoms with Crippen molar-refractivity contribution in [2.45, 2.75) is 44.6 Å². The highest BCUT2D eigenvalue weighted by atomic mass is 16.4. The fourth-order valence-electron chi connectivity index (χ4n) is 2.66. The molecule has 1 aromatic rings. The van der Waals surface area contributed by atoms with E-state index < -0.39 is 12.0 Å². The second-order valence-electron chi connectivity index (χ2n) is 5.65. The number of aryl methyl sites for hydroxylation is 2. The molecule has 1 aliphatic heterocycles. The number of nitrogens with zero attached hydrogens (tertiary/aromatic N) is 1. The van der Waals surface area contributed by atoms with E-state index in [0.29, 0.717) is 6.54 Å². The number of rotatable bonds is 9. The Morgan fingerprint density at radius 3 is 3.05 bits per heavy atom. The lowest BCUT2D eigenvalue weighted by Crippen LogP contribution is -2.37. The monoisotopic (exact) mass is 307 g/mol. The molecule has 0 bridgehead atoms. The number of fused-ring (bicyclic) bond motifs is 1. The maximum atomic E-state index is 10.9. The van der Waals surface area contributed by atoms with E-state index in [2.05, 4.69) is 27.8 Å². The van der Waals surface area contributed by atoms with Crippen LogP contribution in [0.25, 0.3) is 0 Å². The third-order valence-electron chi connectivity index (χ3n) is 3.92. The van der Waals surface area contributed by atoms with E-state index in [1.807, 2.05) is 0 Å². The summed E-state index contributed by atoms with van der Waals surface area (Å²) in [6.45, 7) is 1.52. The predicted octanol–water partition coefficient (Wildman–Crippen LogP) is 1.19. The molecule has 1 aliphatic rings. The first-order valence-corrected chi connectivity index (χ1v) is 8.00. The Balaban J connectivity index is 1.69. The number of anilines is 1. The summed E-state index contributed by atoms with van der Waals surface area (Å²) in [6.07, 6.45) is 5.26. The number of carboxylic acids is 1. The van der Waals surface area contributed by atoms with Gasteiger partial charge in [0.15, 0.2) is 0 Å². The van der Waals surface area contributed by atoms with E-state index in [0.717, 1.165) is 50.2 Å². The number of aromatic nitrogens is 1. The Bertz CT molecular complexity index is 494. The van der Waals surface area contributed by atoms with E-state index in [9.17, 15) is 4.79 Å². The molecule has 0 aliphatic carbocycles. The molecular formula is C16H25N3O3. The predicted molar refractivity (Wildman–Crippen MR) is 85.1 cm³/mol. The van der Waals surface area contributed by atoms with Crippen molar-refractivity contribution in [1.29, 1.82) is 0 Å². The first kappa shape index (κ1) is 16.7. The maximum Gasteiger partial charge on any atom is 0.320 e. The lowest BCUT2D eigenvalue weighted by Gasteiger charge is -2.17. The van der Waals surface area contributed by atoms with Gasteiger partial charge in [0, 0.05) is 18.8 Å². The fraction of sp³-hybridized carbons (Fsp3) is 0.625. The number of carboxylic acid groups (broad SMARTS) is 1. The minimum atomic E-state index is -0.906. The minimum Gasteiger partial charge on any atom is -0.480 e. The largest absolute Gasteiger partial charge is 0.480 e. The number of carbonyl (C=O) groups is 1. The van der Waals surface area contributed by atoms with Gasteiger partial charge in [0.2, 0.25) is 0 Å². The summed E-state index contributed by atoms with van der Waals surface area (Å²) in [4.78, 5) is 15.6. The van der Waals surface area contributed by atoms with Gasteiger partial charge in [-0.1, -0.05) is 6.07 Å². The van der Waals surface area contributed by atoms with E-state index in [1.165, 1.54) is 5.56 Å². The zero-order valence-corrected chi connectivity index (χ0v) is 12.8. The molecule has 1 aromatic heterocycles. The van der Waals surface area contributed by atoms with E-state index >= 15 is 0 Å². The summed E-state index contributed by atoms with van der Waals surface area (Å²) in [5, 5.41) is 24.1. The van der Waals surface area contributed by atoms with Crippen LogP contribution in [0.15, 0.2) is 12.1 Å². The molecule has 0 saturated carbocycles. The molecule has 0 unspecified atom stereocenters. The van der Waals surface area contributed by atoms with Gasteiger partial charge in [-0.2, -0.15) is 0 Å². The van der Waals surface area contributed by atoms with Gasteiger partial charge in [0.1, 0.15) is 11.9 Å². The van der Waals surface area contributed by atoms with E-state index in [4.69, 9.17) is 10.2 Å². The molecule has 6 heteroatoms. The molecule has 0 radical (unpaired) electrons. The number of aliphatic hydroxyl groups excluding tert-OH is 1. The van der Waals surface area contributed by atoms with Gasteiger partial charge >= 0.3 is 5.97 Å². The number of aliphatic carboxylic acids is 1. The molecule has 2 rings (SSSR count). The first-order chi connectivity index (χ1) is 10.7. The molecule has 22 heavy (non-hydrogen) atoms. The second kappa shape index (κ2) is 8.70. The molecule has 1 atom stereocenters. The average Bonchev–Trinajstić information content (AvgIpc) is 2.53. The third kappa shape index (κ3) is 4.96. The van der Waals surface area contributed by atoms with Crippen LogP contribution >= 0.6 is 0 Å². The Hall–Kier alpha value is -1.66. The number of aliphatic hydroxyl groups is 1. The smallest absolute Gasteiger partial charge is 0.320 e. The van der Waals surface area contributed by atoms with Gasteiger partial charge in [-0.15, -0.1) is 0 Å².